The molecule has 0 saturated heterocycles. The largest absolute Gasteiger partial charge is 0.462 e. The van der Waals surface area contributed by atoms with Gasteiger partial charge in [0.15, 0.2) is 0 Å². The van der Waals surface area contributed by atoms with Crippen LogP contribution in [-0.4, -0.2) is 18.5 Å². The van der Waals surface area contributed by atoms with E-state index in [-0.39, 0.29) is 17.8 Å². The van der Waals surface area contributed by atoms with Crippen molar-refractivity contribution < 1.29 is 14.3 Å². The molecule has 1 fully saturated rings. The number of aryl methyl sites for hydroxylation is 1. The fraction of sp³-hybridized carbons (Fsp3) is 0.600. The van der Waals surface area contributed by atoms with E-state index in [0.717, 1.165) is 24.1 Å². The lowest BCUT2D eigenvalue weighted by Gasteiger charge is -2.14. The minimum Gasteiger partial charge on any atom is -0.462 e. The van der Waals surface area contributed by atoms with Crippen molar-refractivity contribution in [1.29, 1.82) is 0 Å². The molecule has 20 heavy (non-hydrogen) atoms. The molecule has 1 N–H and O–H groups in total. The van der Waals surface area contributed by atoms with Gasteiger partial charge in [-0.3, -0.25) is 4.79 Å². The molecule has 0 aliphatic heterocycles. The highest BCUT2D eigenvalue weighted by Crippen LogP contribution is 2.34. The molecule has 1 aliphatic rings. The van der Waals surface area contributed by atoms with Crippen LogP contribution >= 0.6 is 11.3 Å². The van der Waals surface area contributed by atoms with Crippen molar-refractivity contribution >= 4 is 28.2 Å². The van der Waals surface area contributed by atoms with E-state index in [0.29, 0.717) is 23.1 Å². The van der Waals surface area contributed by atoms with Crippen LogP contribution in [0.2, 0.25) is 0 Å². The highest BCUT2D eigenvalue weighted by atomic mass is 32.1. The number of carbonyl (C=O) groups is 2. The first kappa shape index (κ1) is 15.0. The number of thiophene rings is 1. The summed E-state index contributed by atoms with van der Waals surface area (Å²) in [6.45, 7) is 6.14. The monoisotopic (exact) mass is 295 g/mol. The third-order valence-electron chi connectivity index (χ3n) is 3.79. The normalized spacial score (nSPS) is 21.8. The number of nitrogens with one attached hydrogen (secondary N) is 1. The van der Waals surface area contributed by atoms with Gasteiger partial charge in [-0.25, -0.2) is 4.79 Å². The van der Waals surface area contributed by atoms with E-state index in [1.807, 2.05) is 6.92 Å². The van der Waals surface area contributed by atoms with Gasteiger partial charge in [-0.1, -0.05) is 13.3 Å². The Morgan fingerprint density at radius 3 is 2.80 bits per heavy atom. The van der Waals surface area contributed by atoms with Crippen LogP contribution < -0.4 is 5.32 Å². The predicted octanol–water partition coefficient (Wildman–Crippen LogP) is 3.61. The summed E-state index contributed by atoms with van der Waals surface area (Å²) in [5.74, 6) is 0.142. The lowest BCUT2D eigenvalue weighted by atomic mass is 9.97. The maximum absolute atomic E-state index is 12.3. The van der Waals surface area contributed by atoms with E-state index < -0.39 is 0 Å². The van der Waals surface area contributed by atoms with Gasteiger partial charge in [0, 0.05) is 10.8 Å². The maximum atomic E-state index is 12.3. The van der Waals surface area contributed by atoms with Gasteiger partial charge in [0.25, 0.3) is 0 Å². The van der Waals surface area contributed by atoms with E-state index in [2.05, 4.69) is 12.2 Å². The van der Waals surface area contributed by atoms with Gasteiger partial charge in [-0.2, -0.15) is 0 Å². The van der Waals surface area contributed by atoms with Crippen molar-refractivity contribution in [1.82, 2.24) is 0 Å². The number of rotatable bonds is 4. The molecule has 2 rings (SSSR count). The molecule has 0 spiro atoms. The molecule has 110 valence electrons. The Morgan fingerprint density at radius 1 is 1.45 bits per heavy atom. The van der Waals surface area contributed by atoms with Crippen LogP contribution in [0.3, 0.4) is 0 Å². The summed E-state index contributed by atoms with van der Waals surface area (Å²) >= 11 is 1.42. The summed E-state index contributed by atoms with van der Waals surface area (Å²) in [6.07, 6.45) is 3.14. The summed E-state index contributed by atoms with van der Waals surface area (Å²) in [5, 5.41) is 3.54. The minimum atomic E-state index is -0.369. The van der Waals surface area contributed by atoms with Crippen molar-refractivity contribution in [2.75, 3.05) is 11.9 Å². The van der Waals surface area contributed by atoms with Gasteiger partial charge in [0.2, 0.25) is 5.91 Å². The molecule has 0 bridgehead atoms. The highest BCUT2D eigenvalue weighted by Gasteiger charge is 2.30. The van der Waals surface area contributed by atoms with E-state index in [9.17, 15) is 9.59 Å². The first-order valence-electron chi connectivity index (χ1n) is 7.11. The number of esters is 1. The van der Waals surface area contributed by atoms with Crippen LogP contribution in [0.1, 0.15) is 48.3 Å². The zero-order valence-electron chi connectivity index (χ0n) is 12.2. The van der Waals surface area contributed by atoms with Gasteiger partial charge in [0.05, 0.1) is 12.2 Å². The number of amides is 1. The summed E-state index contributed by atoms with van der Waals surface area (Å²) < 4.78 is 5.03. The van der Waals surface area contributed by atoms with E-state index in [4.69, 9.17) is 4.74 Å². The predicted molar refractivity (Wildman–Crippen MR) is 80.1 cm³/mol. The summed E-state index contributed by atoms with van der Waals surface area (Å²) in [4.78, 5) is 25.2. The van der Waals surface area contributed by atoms with Crippen LogP contribution in [-0.2, 0) is 9.53 Å². The zero-order chi connectivity index (χ0) is 14.7. The summed E-state index contributed by atoms with van der Waals surface area (Å²) in [7, 11) is 0. The third kappa shape index (κ3) is 3.20. The molecular weight excluding hydrogens is 274 g/mol. The standard InChI is InChI=1S/C15H21NO3S/c1-4-19-15(18)12-8-10(3)20-14(12)16-13(17)11-7-5-6-9(11)2/h8-9,11H,4-7H2,1-3H3,(H,16,17). The topological polar surface area (TPSA) is 55.4 Å². The van der Waals surface area contributed by atoms with Gasteiger partial charge >= 0.3 is 5.97 Å². The van der Waals surface area contributed by atoms with E-state index >= 15 is 0 Å². The van der Waals surface area contributed by atoms with E-state index in [1.54, 1.807) is 13.0 Å². The Balaban J connectivity index is 2.12. The average molecular weight is 295 g/mol. The zero-order valence-corrected chi connectivity index (χ0v) is 13.0. The Hall–Kier alpha value is -1.36. The molecule has 1 heterocycles. The number of ether oxygens (including phenoxy) is 1. The van der Waals surface area contributed by atoms with Crippen molar-refractivity contribution in [3.8, 4) is 0 Å². The molecule has 1 aromatic rings. The van der Waals surface area contributed by atoms with E-state index in [1.165, 1.54) is 11.3 Å². The number of anilines is 1. The van der Waals surface area contributed by atoms with Gasteiger partial charge in [-0.05, 0) is 38.7 Å². The van der Waals surface area contributed by atoms with Crippen molar-refractivity contribution in [3.63, 3.8) is 0 Å². The second-order valence-corrected chi connectivity index (χ2v) is 6.58. The Labute approximate surface area is 123 Å². The average Bonchev–Trinajstić information content (AvgIpc) is 2.96. The molecule has 1 amide bonds. The lowest BCUT2D eigenvalue weighted by Crippen LogP contribution is -2.25. The highest BCUT2D eigenvalue weighted by molar-refractivity contribution is 7.16. The van der Waals surface area contributed by atoms with Gasteiger partial charge in [-0.15, -0.1) is 11.3 Å². The quantitative estimate of drug-likeness (QED) is 0.863. The molecule has 5 heteroatoms. The fourth-order valence-electron chi connectivity index (χ4n) is 2.71. The molecule has 1 aliphatic carbocycles. The van der Waals surface area contributed by atoms with Gasteiger partial charge in [0.1, 0.15) is 5.00 Å². The molecule has 2 unspecified atom stereocenters. The number of hydrogen-bond donors (Lipinski definition) is 1. The molecule has 1 aromatic heterocycles. The first-order chi connectivity index (χ1) is 9.52. The van der Waals surface area contributed by atoms with Crippen molar-refractivity contribution in [2.24, 2.45) is 11.8 Å². The Morgan fingerprint density at radius 2 is 2.20 bits per heavy atom. The minimum absolute atomic E-state index is 0.0300. The SMILES string of the molecule is CCOC(=O)c1cc(C)sc1NC(=O)C1CCCC1C. The van der Waals surface area contributed by atoms with Crippen LogP contribution in [0.25, 0.3) is 0 Å². The fourth-order valence-corrected chi connectivity index (χ4v) is 3.61. The van der Waals surface area contributed by atoms with Crippen LogP contribution in [0, 0.1) is 18.8 Å². The van der Waals surface area contributed by atoms with Crippen LogP contribution in [0.5, 0.6) is 0 Å². The molecular formula is C15H21NO3S. The van der Waals surface area contributed by atoms with Crippen LogP contribution in [0.15, 0.2) is 6.07 Å². The second-order valence-electron chi connectivity index (χ2n) is 5.32. The van der Waals surface area contributed by atoms with Gasteiger partial charge < -0.3 is 10.1 Å². The summed E-state index contributed by atoms with van der Waals surface area (Å²) in [6, 6.07) is 1.77. The molecule has 0 radical (unpaired) electrons. The third-order valence-corrected chi connectivity index (χ3v) is 4.75. The molecule has 0 aromatic carbocycles. The Bertz CT molecular complexity index is 509. The number of carbonyl (C=O) groups excluding carboxylic acids is 2. The molecule has 2 atom stereocenters. The second kappa shape index (κ2) is 6.39. The Kier molecular flexibility index (Phi) is 4.81. The van der Waals surface area contributed by atoms with Crippen molar-refractivity contribution in [2.45, 2.75) is 40.0 Å². The number of hydrogen-bond acceptors (Lipinski definition) is 4. The first-order valence-corrected chi connectivity index (χ1v) is 7.93. The summed E-state index contributed by atoms with van der Waals surface area (Å²) in [5.41, 5.74) is 0.466. The lowest BCUT2D eigenvalue weighted by molar-refractivity contribution is -0.120. The maximum Gasteiger partial charge on any atom is 0.341 e. The van der Waals surface area contributed by atoms with Crippen LogP contribution in [0.4, 0.5) is 5.00 Å². The smallest absolute Gasteiger partial charge is 0.341 e. The van der Waals surface area contributed by atoms with Crippen molar-refractivity contribution in [3.05, 3.63) is 16.5 Å². The molecule has 4 nitrogen and oxygen atoms in total. The molecule has 1 saturated carbocycles.